The van der Waals surface area contributed by atoms with E-state index in [1.807, 2.05) is 0 Å². The predicted octanol–water partition coefficient (Wildman–Crippen LogP) is 2.87. The summed E-state index contributed by atoms with van der Waals surface area (Å²) in [6.07, 6.45) is 3.98. The molecule has 118 valence electrons. The Bertz CT molecular complexity index is 647. The van der Waals surface area contributed by atoms with Gasteiger partial charge in [0.2, 0.25) is 11.8 Å². The molecular formula is C15H19N3O4. The van der Waals surface area contributed by atoms with Crippen molar-refractivity contribution in [2.24, 2.45) is 0 Å². The van der Waals surface area contributed by atoms with Gasteiger partial charge in [0.05, 0.1) is 18.1 Å². The van der Waals surface area contributed by atoms with E-state index in [2.05, 4.69) is 15.0 Å². The highest BCUT2D eigenvalue weighted by molar-refractivity contribution is 5.88. The Labute approximate surface area is 128 Å². The van der Waals surface area contributed by atoms with Gasteiger partial charge in [-0.15, -0.1) is 0 Å². The molecule has 2 rings (SSSR count). The van der Waals surface area contributed by atoms with E-state index >= 15 is 0 Å². The van der Waals surface area contributed by atoms with Crippen LogP contribution in [0.25, 0.3) is 0 Å². The first-order valence-corrected chi connectivity index (χ1v) is 6.89. The Kier molecular flexibility index (Phi) is 4.44. The molecule has 2 aromatic heterocycles. The molecule has 0 unspecified atom stereocenters. The van der Waals surface area contributed by atoms with Gasteiger partial charge >= 0.3 is 5.97 Å². The first-order valence-electron chi connectivity index (χ1n) is 6.89. The molecule has 0 aliphatic rings. The minimum absolute atomic E-state index is 0.172. The number of rotatable bonds is 4. The summed E-state index contributed by atoms with van der Waals surface area (Å²) < 4.78 is 16.0. The zero-order valence-corrected chi connectivity index (χ0v) is 13.3. The molecule has 0 aliphatic carbocycles. The fourth-order valence-corrected chi connectivity index (χ4v) is 1.71. The number of hydrogen-bond donors (Lipinski definition) is 0. The number of oxazole rings is 1. The van der Waals surface area contributed by atoms with Crippen LogP contribution in [0.4, 0.5) is 0 Å². The molecule has 0 radical (unpaired) electrons. The van der Waals surface area contributed by atoms with Gasteiger partial charge in [-0.3, -0.25) is 0 Å². The Balaban J connectivity index is 2.11. The fraction of sp³-hybridized carbons (Fsp3) is 0.467. The highest BCUT2D eigenvalue weighted by atomic mass is 16.6. The Hall–Kier alpha value is -2.44. The van der Waals surface area contributed by atoms with Crippen molar-refractivity contribution in [1.29, 1.82) is 0 Å². The van der Waals surface area contributed by atoms with Crippen LogP contribution in [-0.4, -0.2) is 26.5 Å². The molecule has 0 amide bonds. The van der Waals surface area contributed by atoms with Crippen molar-refractivity contribution in [3.05, 3.63) is 35.9 Å². The number of carbonyl (C=O) groups is 1. The largest absolute Gasteiger partial charge is 0.464 e. The average Bonchev–Trinajstić information content (AvgIpc) is 2.90. The second-order valence-electron chi connectivity index (χ2n) is 5.77. The average molecular weight is 305 g/mol. The third kappa shape index (κ3) is 4.03. The molecule has 0 saturated heterocycles. The molecule has 1 atom stereocenters. The van der Waals surface area contributed by atoms with Gasteiger partial charge in [-0.25, -0.2) is 19.7 Å². The SMILES string of the molecule is Cc1nc(O[C@H](C)c2ncco2)cnc1C(=O)OC(C)(C)C. The van der Waals surface area contributed by atoms with Crippen molar-refractivity contribution in [3.8, 4) is 5.88 Å². The van der Waals surface area contributed by atoms with Crippen molar-refractivity contribution >= 4 is 5.97 Å². The van der Waals surface area contributed by atoms with E-state index in [-0.39, 0.29) is 11.6 Å². The van der Waals surface area contributed by atoms with Crippen LogP contribution in [0.2, 0.25) is 0 Å². The van der Waals surface area contributed by atoms with Gasteiger partial charge in [-0.05, 0) is 34.6 Å². The van der Waals surface area contributed by atoms with Crippen LogP contribution < -0.4 is 4.74 Å². The van der Waals surface area contributed by atoms with Crippen LogP contribution in [0, 0.1) is 6.92 Å². The van der Waals surface area contributed by atoms with Gasteiger partial charge in [0, 0.05) is 0 Å². The minimum atomic E-state index is -0.583. The third-order valence-corrected chi connectivity index (χ3v) is 2.61. The minimum Gasteiger partial charge on any atom is -0.464 e. The molecule has 0 spiro atoms. The standard InChI is InChI=1S/C15H19N3O4/c1-9-12(14(19)22-15(3,4)5)17-8-11(18-9)21-10(2)13-16-6-7-20-13/h6-8,10H,1-5H3/t10-/m1/s1. The number of aryl methyl sites for hydroxylation is 1. The molecule has 0 aromatic carbocycles. The number of ether oxygens (including phenoxy) is 2. The summed E-state index contributed by atoms with van der Waals surface area (Å²) in [5.41, 5.74) is 0.0252. The number of carbonyl (C=O) groups excluding carboxylic acids is 1. The van der Waals surface area contributed by atoms with Crippen LogP contribution in [0.1, 0.15) is 55.9 Å². The van der Waals surface area contributed by atoms with Crippen LogP contribution in [0.15, 0.2) is 23.1 Å². The lowest BCUT2D eigenvalue weighted by Gasteiger charge is -2.19. The Morgan fingerprint density at radius 2 is 2.05 bits per heavy atom. The van der Waals surface area contributed by atoms with Gasteiger partial charge < -0.3 is 13.9 Å². The van der Waals surface area contributed by atoms with Crippen LogP contribution >= 0.6 is 0 Å². The molecule has 7 nitrogen and oxygen atoms in total. The normalized spacial score (nSPS) is 12.8. The molecule has 0 N–H and O–H groups in total. The highest BCUT2D eigenvalue weighted by Gasteiger charge is 2.22. The third-order valence-electron chi connectivity index (χ3n) is 2.61. The van der Waals surface area contributed by atoms with Gasteiger partial charge in [-0.2, -0.15) is 0 Å². The molecular weight excluding hydrogens is 286 g/mol. The fourth-order valence-electron chi connectivity index (χ4n) is 1.71. The number of aromatic nitrogens is 3. The van der Waals surface area contributed by atoms with Crippen molar-refractivity contribution in [2.45, 2.75) is 46.3 Å². The summed E-state index contributed by atoms with van der Waals surface area (Å²) in [7, 11) is 0. The van der Waals surface area contributed by atoms with E-state index in [9.17, 15) is 4.79 Å². The van der Waals surface area contributed by atoms with E-state index in [0.29, 0.717) is 11.6 Å². The molecule has 0 saturated carbocycles. The van der Waals surface area contributed by atoms with E-state index in [4.69, 9.17) is 13.9 Å². The van der Waals surface area contributed by atoms with Crippen molar-refractivity contribution in [1.82, 2.24) is 15.0 Å². The van der Waals surface area contributed by atoms with Gasteiger partial charge in [0.25, 0.3) is 0 Å². The zero-order chi connectivity index (χ0) is 16.3. The molecule has 22 heavy (non-hydrogen) atoms. The lowest BCUT2D eigenvalue weighted by molar-refractivity contribution is 0.00611. The van der Waals surface area contributed by atoms with Gasteiger partial charge in [0.1, 0.15) is 11.9 Å². The molecule has 2 aromatic rings. The van der Waals surface area contributed by atoms with E-state index in [1.165, 1.54) is 18.7 Å². The van der Waals surface area contributed by atoms with E-state index in [1.54, 1.807) is 34.6 Å². The van der Waals surface area contributed by atoms with Crippen molar-refractivity contribution in [2.75, 3.05) is 0 Å². The summed E-state index contributed by atoms with van der Waals surface area (Å²) in [6.45, 7) is 8.84. The smallest absolute Gasteiger partial charge is 0.359 e. The quantitative estimate of drug-likeness (QED) is 0.802. The van der Waals surface area contributed by atoms with E-state index < -0.39 is 17.7 Å². The first-order chi connectivity index (χ1) is 10.3. The summed E-state index contributed by atoms with van der Waals surface area (Å²) in [4.78, 5) is 24.3. The molecule has 0 aliphatic heterocycles. The topological polar surface area (TPSA) is 87.3 Å². The molecule has 7 heteroatoms. The lowest BCUT2D eigenvalue weighted by Crippen LogP contribution is -2.25. The van der Waals surface area contributed by atoms with Crippen molar-refractivity contribution < 1.29 is 18.7 Å². The van der Waals surface area contributed by atoms with Gasteiger partial charge in [0.15, 0.2) is 11.8 Å². The maximum Gasteiger partial charge on any atom is 0.359 e. The van der Waals surface area contributed by atoms with Crippen LogP contribution in [0.5, 0.6) is 5.88 Å². The van der Waals surface area contributed by atoms with E-state index in [0.717, 1.165) is 0 Å². The predicted molar refractivity (Wildman–Crippen MR) is 77.5 cm³/mol. The zero-order valence-electron chi connectivity index (χ0n) is 13.3. The van der Waals surface area contributed by atoms with Crippen LogP contribution in [0.3, 0.4) is 0 Å². The summed E-state index contributed by atoms with van der Waals surface area (Å²) in [5.74, 6) is 0.219. The van der Waals surface area contributed by atoms with Crippen LogP contribution in [-0.2, 0) is 4.74 Å². The maximum atomic E-state index is 12.0. The Morgan fingerprint density at radius 1 is 1.32 bits per heavy atom. The second kappa shape index (κ2) is 6.13. The summed E-state index contributed by atoms with van der Waals surface area (Å²) in [5, 5.41) is 0. The number of hydrogen-bond acceptors (Lipinski definition) is 7. The number of esters is 1. The highest BCUT2D eigenvalue weighted by Crippen LogP contribution is 2.20. The summed E-state index contributed by atoms with van der Waals surface area (Å²) >= 11 is 0. The molecule has 0 fully saturated rings. The molecule has 0 bridgehead atoms. The second-order valence-corrected chi connectivity index (χ2v) is 5.77. The first kappa shape index (κ1) is 15.9. The lowest BCUT2D eigenvalue weighted by atomic mass is 10.2. The number of nitrogens with zero attached hydrogens (tertiary/aromatic N) is 3. The summed E-state index contributed by atoms with van der Waals surface area (Å²) in [6, 6.07) is 0. The maximum absolute atomic E-state index is 12.0. The Morgan fingerprint density at radius 3 is 2.59 bits per heavy atom. The monoisotopic (exact) mass is 305 g/mol. The van der Waals surface area contributed by atoms with Crippen molar-refractivity contribution in [3.63, 3.8) is 0 Å². The molecule has 2 heterocycles. The van der Waals surface area contributed by atoms with Gasteiger partial charge in [-0.1, -0.05) is 0 Å².